The molecular weight excluding hydrogens is 426 g/mol. The summed E-state index contributed by atoms with van der Waals surface area (Å²) in [6.07, 6.45) is -9.53. The van der Waals surface area contributed by atoms with Gasteiger partial charge in [0.2, 0.25) is 0 Å². The number of rotatable bonds is 6. The Bertz CT molecular complexity index is 965. The Labute approximate surface area is 174 Å². The van der Waals surface area contributed by atoms with E-state index in [0.717, 1.165) is 11.1 Å². The fourth-order valence-electron chi connectivity index (χ4n) is 3.59. The molecule has 0 bridgehead atoms. The van der Waals surface area contributed by atoms with Crippen LogP contribution < -0.4 is 5.73 Å². The smallest absolute Gasteiger partial charge is 0.373 e. The van der Waals surface area contributed by atoms with Crippen molar-refractivity contribution >= 4 is 0 Å². The van der Waals surface area contributed by atoms with Gasteiger partial charge >= 0.3 is 12.4 Å². The van der Waals surface area contributed by atoms with Gasteiger partial charge in [-0.05, 0) is 60.0 Å². The molecule has 0 aromatic heterocycles. The molecule has 0 amide bonds. The molecule has 1 atom stereocenters. The van der Waals surface area contributed by atoms with Crippen molar-refractivity contribution in [1.82, 2.24) is 0 Å². The summed E-state index contributed by atoms with van der Waals surface area (Å²) in [5.41, 5.74) is 3.57. The van der Waals surface area contributed by atoms with Crippen LogP contribution in [0.5, 0.6) is 0 Å². The maximum atomic E-state index is 13.0. The van der Waals surface area contributed by atoms with Crippen molar-refractivity contribution in [3.05, 3.63) is 69.8 Å². The van der Waals surface area contributed by atoms with Gasteiger partial charge in [-0.3, -0.25) is 0 Å². The largest absolute Gasteiger partial charge is 0.416 e. The molecule has 2 aromatic rings. The fraction of sp³-hybridized carbons (Fsp3) is 0.381. The number of hydrogen-bond donors (Lipinski definition) is 1. The van der Waals surface area contributed by atoms with E-state index in [9.17, 15) is 26.3 Å². The van der Waals surface area contributed by atoms with Crippen LogP contribution >= 0.6 is 0 Å². The van der Waals surface area contributed by atoms with E-state index in [1.807, 2.05) is 6.07 Å². The molecule has 31 heavy (non-hydrogen) atoms. The second-order valence-electron chi connectivity index (χ2n) is 7.21. The lowest BCUT2D eigenvalue weighted by Crippen LogP contribution is -2.34. The standard InChI is InChI=1S/C21H18F6N2O2/c22-20(23,24)16-6-14(7-17(8-16)21(25,26)27)10-30-12-19(3-4-28)18-2-1-13(9-29)5-15(18)11-31-19/h1-2,5-8H,3-4,10-12,28H2. The minimum Gasteiger partial charge on any atom is -0.373 e. The second kappa shape index (κ2) is 8.49. The van der Waals surface area contributed by atoms with Crippen LogP contribution in [0.25, 0.3) is 0 Å². The van der Waals surface area contributed by atoms with E-state index < -0.39 is 35.7 Å². The van der Waals surface area contributed by atoms with E-state index in [4.69, 9.17) is 20.5 Å². The van der Waals surface area contributed by atoms with Gasteiger partial charge in [-0.25, -0.2) is 0 Å². The lowest BCUT2D eigenvalue weighted by atomic mass is 9.89. The van der Waals surface area contributed by atoms with Crippen molar-refractivity contribution in [1.29, 1.82) is 5.26 Å². The minimum absolute atomic E-state index is 0.0719. The molecule has 3 rings (SSSR count). The van der Waals surface area contributed by atoms with Gasteiger partial charge in [0.15, 0.2) is 0 Å². The summed E-state index contributed by atoms with van der Waals surface area (Å²) in [4.78, 5) is 0. The third kappa shape index (κ3) is 5.01. The van der Waals surface area contributed by atoms with Crippen LogP contribution in [0.1, 0.15) is 39.8 Å². The summed E-state index contributed by atoms with van der Waals surface area (Å²) in [6, 6.07) is 8.32. The van der Waals surface area contributed by atoms with Gasteiger partial charge < -0.3 is 15.2 Å². The van der Waals surface area contributed by atoms with Gasteiger partial charge in [0, 0.05) is 0 Å². The molecule has 0 saturated carbocycles. The second-order valence-corrected chi connectivity index (χ2v) is 7.21. The molecule has 2 aromatic carbocycles. The molecule has 4 nitrogen and oxygen atoms in total. The summed E-state index contributed by atoms with van der Waals surface area (Å²) in [5.74, 6) is 0. The highest BCUT2D eigenvalue weighted by Gasteiger charge is 2.40. The van der Waals surface area contributed by atoms with Crippen LogP contribution in [-0.4, -0.2) is 13.2 Å². The average molecular weight is 444 g/mol. The molecule has 0 fully saturated rings. The number of nitrogens with zero attached hydrogens (tertiary/aromatic N) is 1. The van der Waals surface area contributed by atoms with Crippen molar-refractivity contribution in [3.8, 4) is 6.07 Å². The van der Waals surface area contributed by atoms with Gasteiger partial charge in [-0.2, -0.15) is 31.6 Å². The number of nitrogens with two attached hydrogens (primary N) is 1. The van der Waals surface area contributed by atoms with E-state index in [-0.39, 0.29) is 31.4 Å². The lowest BCUT2D eigenvalue weighted by molar-refractivity contribution is -0.143. The topological polar surface area (TPSA) is 68.3 Å². The average Bonchev–Trinajstić information content (AvgIpc) is 3.04. The van der Waals surface area contributed by atoms with Gasteiger partial charge in [0.25, 0.3) is 0 Å². The van der Waals surface area contributed by atoms with Crippen molar-refractivity contribution < 1.29 is 35.8 Å². The van der Waals surface area contributed by atoms with Gasteiger partial charge in [0.05, 0.1) is 42.6 Å². The minimum atomic E-state index is -4.93. The molecule has 0 aliphatic carbocycles. The number of ether oxygens (including phenoxy) is 2. The molecule has 10 heteroatoms. The van der Waals surface area contributed by atoms with E-state index in [2.05, 4.69) is 0 Å². The molecule has 166 valence electrons. The van der Waals surface area contributed by atoms with Crippen molar-refractivity contribution in [2.45, 2.75) is 37.6 Å². The zero-order chi connectivity index (χ0) is 22.9. The quantitative estimate of drug-likeness (QED) is 0.645. The van der Waals surface area contributed by atoms with Crippen LogP contribution in [0.15, 0.2) is 36.4 Å². The molecule has 1 aliphatic heterocycles. The van der Waals surface area contributed by atoms with Crippen molar-refractivity contribution in [3.63, 3.8) is 0 Å². The monoisotopic (exact) mass is 444 g/mol. The van der Waals surface area contributed by atoms with Gasteiger partial charge in [0.1, 0.15) is 5.60 Å². The highest BCUT2D eigenvalue weighted by atomic mass is 19.4. The number of fused-ring (bicyclic) bond motifs is 1. The van der Waals surface area contributed by atoms with Crippen molar-refractivity contribution in [2.24, 2.45) is 5.73 Å². The summed E-state index contributed by atoms with van der Waals surface area (Å²) in [7, 11) is 0. The summed E-state index contributed by atoms with van der Waals surface area (Å²) < 4.78 is 89.6. The fourth-order valence-corrected chi connectivity index (χ4v) is 3.59. The number of benzene rings is 2. The number of alkyl halides is 6. The molecule has 0 saturated heterocycles. The first kappa shape index (κ1) is 23.1. The third-order valence-corrected chi connectivity index (χ3v) is 5.03. The number of halogens is 6. The van der Waals surface area contributed by atoms with Crippen LogP contribution in [-0.2, 0) is 40.6 Å². The summed E-state index contributed by atoms with van der Waals surface area (Å²) in [5, 5.41) is 9.03. The first-order valence-corrected chi connectivity index (χ1v) is 9.22. The molecule has 1 aliphatic rings. The normalized spacial score (nSPS) is 18.6. The van der Waals surface area contributed by atoms with E-state index in [0.29, 0.717) is 24.1 Å². The highest BCUT2D eigenvalue weighted by Crippen LogP contribution is 2.40. The summed E-state index contributed by atoms with van der Waals surface area (Å²) >= 11 is 0. The third-order valence-electron chi connectivity index (χ3n) is 5.03. The Kier molecular flexibility index (Phi) is 6.32. The Balaban J connectivity index is 1.83. The lowest BCUT2D eigenvalue weighted by Gasteiger charge is -2.29. The van der Waals surface area contributed by atoms with Crippen LogP contribution in [0, 0.1) is 11.3 Å². The first-order valence-electron chi connectivity index (χ1n) is 9.22. The SMILES string of the molecule is N#Cc1ccc2c(c1)COC2(CCN)COCc1cc(C(F)(F)F)cc(C(F)(F)F)c1. The Morgan fingerprint density at radius 3 is 2.23 bits per heavy atom. The Hall–Kier alpha value is -2.61. The van der Waals surface area contributed by atoms with Crippen LogP contribution in [0.3, 0.4) is 0 Å². The van der Waals surface area contributed by atoms with E-state index in [1.165, 1.54) is 0 Å². The molecule has 1 heterocycles. The Morgan fingerprint density at radius 1 is 1.03 bits per heavy atom. The zero-order valence-corrected chi connectivity index (χ0v) is 16.1. The predicted molar refractivity (Wildman–Crippen MR) is 97.4 cm³/mol. The van der Waals surface area contributed by atoms with Crippen LogP contribution in [0.4, 0.5) is 26.3 Å². The molecule has 2 N–H and O–H groups in total. The first-order chi connectivity index (χ1) is 14.5. The van der Waals surface area contributed by atoms with Crippen LogP contribution in [0.2, 0.25) is 0 Å². The maximum absolute atomic E-state index is 13.0. The molecule has 1 unspecified atom stereocenters. The number of hydrogen-bond acceptors (Lipinski definition) is 4. The highest BCUT2D eigenvalue weighted by molar-refractivity contribution is 5.43. The van der Waals surface area contributed by atoms with Gasteiger partial charge in [-0.15, -0.1) is 0 Å². The zero-order valence-electron chi connectivity index (χ0n) is 16.1. The predicted octanol–water partition coefficient (Wildman–Crippen LogP) is 4.89. The van der Waals surface area contributed by atoms with Gasteiger partial charge in [-0.1, -0.05) is 6.07 Å². The van der Waals surface area contributed by atoms with E-state index in [1.54, 1.807) is 18.2 Å². The molecule has 0 radical (unpaired) electrons. The van der Waals surface area contributed by atoms with Crippen molar-refractivity contribution in [2.75, 3.05) is 13.2 Å². The van der Waals surface area contributed by atoms with E-state index >= 15 is 0 Å². The maximum Gasteiger partial charge on any atom is 0.416 e. The Morgan fingerprint density at radius 2 is 1.68 bits per heavy atom. The number of nitriles is 1. The summed E-state index contributed by atoms with van der Waals surface area (Å²) in [6.45, 7) is -0.199. The molecular formula is C21H18F6N2O2. The molecule has 0 spiro atoms.